The van der Waals surface area contributed by atoms with Gasteiger partial charge in [0.05, 0.1) is 0 Å². The second kappa shape index (κ2) is 12.5. The minimum Gasteiger partial charge on any atom is -0.484 e. The smallest absolute Gasteiger partial charge is 0.258 e. The van der Waals surface area contributed by atoms with Gasteiger partial charge in [-0.25, -0.2) is 0 Å². The van der Waals surface area contributed by atoms with Gasteiger partial charge >= 0.3 is 0 Å². The van der Waals surface area contributed by atoms with Crippen LogP contribution in [0.1, 0.15) is 24.8 Å². The largest absolute Gasteiger partial charge is 0.484 e. The van der Waals surface area contributed by atoms with Gasteiger partial charge in [0.2, 0.25) is 0 Å². The molecule has 1 aromatic heterocycles. The summed E-state index contributed by atoms with van der Waals surface area (Å²) in [6.07, 6.45) is 5.28. The SMILES string of the molecule is CN=C(NCCCn1ccc2ccccc21)NCc1cccc(OCC(=O)NC2CC2)c1.I. The fourth-order valence-corrected chi connectivity index (χ4v) is 3.59. The maximum Gasteiger partial charge on any atom is 0.258 e. The van der Waals surface area contributed by atoms with Gasteiger partial charge in [0.25, 0.3) is 5.91 Å². The molecule has 33 heavy (non-hydrogen) atoms. The van der Waals surface area contributed by atoms with Crippen molar-refractivity contribution in [3.05, 3.63) is 66.4 Å². The number of ether oxygens (including phenoxy) is 1. The Balaban J connectivity index is 0.00000306. The summed E-state index contributed by atoms with van der Waals surface area (Å²) >= 11 is 0. The number of nitrogens with one attached hydrogen (secondary N) is 3. The molecule has 0 unspecified atom stereocenters. The number of para-hydroxylation sites is 1. The standard InChI is InChI=1S/C25H31N5O2.HI/c1-26-25(27-13-5-14-30-15-12-20-7-2-3-9-23(20)30)28-17-19-6-4-8-22(16-19)32-18-24(31)29-21-10-11-21;/h2-4,6-9,12,15-16,21H,5,10-11,13-14,17-18H2,1H3,(H,29,31)(H2,26,27,28);1H. The van der Waals surface area contributed by atoms with Crippen molar-refractivity contribution in [2.75, 3.05) is 20.2 Å². The Kier molecular flexibility index (Phi) is 9.41. The first-order valence-corrected chi connectivity index (χ1v) is 11.2. The van der Waals surface area contributed by atoms with Gasteiger partial charge in [-0.2, -0.15) is 0 Å². The number of aromatic nitrogens is 1. The second-order valence-corrected chi connectivity index (χ2v) is 8.05. The van der Waals surface area contributed by atoms with Crippen LogP contribution in [0.25, 0.3) is 10.9 Å². The van der Waals surface area contributed by atoms with Crippen LogP contribution in [0.15, 0.2) is 65.8 Å². The monoisotopic (exact) mass is 561 g/mol. The summed E-state index contributed by atoms with van der Waals surface area (Å²) in [5.74, 6) is 1.39. The van der Waals surface area contributed by atoms with Gasteiger partial charge in [-0.3, -0.25) is 9.79 Å². The van der Waals surface area contributed by atoms with E-state index < -0.39 is 0 Å². The zero-order valence-electron chi connectivity index (χ0n) is 18.9. The molecule has 8 heteroatoms. The van der Waals surface area contributed by atoms with Gasteiger partial charge in [0, 0.05) is 44.4 Å². The Hall–Kier alpha value is -2.75. The first-order chi connectivity index (χ1) is 15.7. The number of hydrogen-bond acceptors (Lipinski definition) is 3. The molecule has 1 fully saturated rings. The summed E-state index contributed by atoms with van der Waals surface area (Å²) in [6, 6.07) is 18.7. The zero-order valence-corrected chi connectivity index (χ0v) is 21.3. The quantitative estimate of drug-likeness (QED) is 0.153. The van der Waals surface area contributed by atoms with E-state index in [-0.39, 0.29) is 36.5 Å². The lowest BCUT2D eigenvalue weighted by Gasteiger charge is -2.13. The van der Waals surface area contributed by atoms with E-state index in [0.29, 0.717) is 18.3 Å². The zero-order chi connectivity index (χ0) is 22.2. The molecule has 1 amide bonds. The molecule has 0 saturated heterocycles. The fraction of sp³-hybridized carbons (Fsp3) is 0.360. The molecule has 1 aliphatic rings. The van der Waals surface area contributed by atoms with Crippen LogP contribution in [0.3, 0.4) is 0 Å². The van der Waals surface area contributed by atoms with Crippen LogP contribution >= 0.6 is 24.0 Å². The third-order valence-electron chi connectivity index (χ3n) is 5.44. The predicted molar refractivity (Wildman–Crippen MR) is 143 cm³/mol. The van der Waals surface area contributed by atoms with E-state index >= 15 is 0 Å². The van der Waals surface area contributed by atoms with Gasteiger partial charge in [-0.05, 0) is 54.5 Å². The number of hydrogen-bond donors (Lipinski definition) is 3. The summed E-state index contributed by atoms with van der Waals surface area (Å²) in [5.41, 5.74) is 2.33. The predicted octanol–water partition coefficient (Wildman–Crippen LogP) is 3.67. The lowest BCUT2D eigenvalue weighted by atomic mass is 10.2. The number of carbonyl (C=O) groups is 1. The second-order valence-electron chi connectivity index (χ2n) is 8.05. The number of fused-ring (bicyclic) bond motifs is 1. The van der Waals surface area contributed by atoms with E-state index in [0.717, 1.165) is 43.9 Å². The van der Waals surface area contributed by atoms with E-state index in [2.05, 4.69) is 62.0 Å². The molecule has 4 rings (SSSR count). The highest BCUT2D eigenvalue weighted by Crippen LogP contribution is 2.19. The number of rotatable bonds is 10. The summed E-state index contributed by atoms with van der Waals surface area (Å²) in [4.78, 5) is 16.1. The highest BCUT2D eigenvalue weighted by molar-refractivity contribution is 14.0. The van der Waals surface area contributed by atoms with Crippen molar-refractivity contribution in [2.45, 2.75) is 38.4 Å². The van der Waals surface area contributed by atoms with Gasteiger partial charge < -0.3 is 25.3 Å². The Morgan fingerprint density at radius 3 is 2.79 bits per heavy atom. The van der Waals surface area contributed by atoms with Gasteiger partial charge in [0.1, 0.15) is 5.75 Å². The number of guanidine groups is 1. The van der Waals surface area contributed by atoms with Crippen LogP contribution in [-0.2, 0) is 17.9 Å². The topological polar surface area (TPSA) is 79.7 Å². The molecule has 3 aromatic rings. The minimum atomic E-state index is -0.0615. The number of nitrogens with zero attached hydrogens (tertiary/aromatic N) is 2. The van der Waals surface area contributed by atoms with Crippen molar-refractivity contribution in [1.82, 2.24) is 20.5 Å². The third kappa shape index (κ3) is 7.66. The van der Waals surface area contributed by atoms with Crippen molar-refractivity contribution in [1.29, 1.82) is 0 Å². The lowest BCUT2D eigenvalue weighted by molar-refractivity contribution is -0.123. The maximum atomic E-state index is 11.8. The molecule has 3 N–H and O–H groups in total. The van der Waals surface area contributed by atoms with Crippen molar-refractivity contribution >= 4 is 46.7 Å². The van der Waals surface area contributed by atoms with Crippen LogP contribution in [-0.4, -0.2) is 42.7 Å². The summed E-state index contributed by atoms with van der Waals surface area (Å²) in [5, 5.41) is 10.9. The molecule has 0 bridgehead atoms. The molecule has 1 heterocycles. The molecular formula is C25H32IN5O2. The molecule has 7 nitrogen and oxygen atoms in total. The average Bonchev–Trinajstić information content (AvgIpc) is 3.54. The summed E-state index contributed by atoms with van der Waals surface area (Å²) in [6.45, 7) is 2.44. The van der Waals surface area contributed by atoms with Crippen LogP contribution in [0, 0.1) is 0 Å². The number of carbonyl (C=O) groups excluding carboxylic acids is 1. The molecule has 176 valence electrons. The highest BCUT2D eigenvalue weighted by atomic mass is 127. The van der Waals surface area contributed by atoms with Crippen molar-refractivity contribution in [2.24, 2.45) is 4.99 Å². The molecule has 0 spiro atoms. The highest BCUT2D eigenvalue weighted by Gasteiger charge is 2.23. The molecule has 1 saturated carbocycles. The summed E-state index contributed by atoms with van der Waals surface area (Å²) in [7, 11) is 1.77. The number of aryl methyl sites for hydroxylation is 1. The van der Waals surface area contributed by atoms with Gasteiger partial charge in [-0.15, -0.1) is 24.0 Å². The normalized spacial score (nSPS) is 13.3. The van der Waals surface area contributed by atoms with E-state index in [9.17, 15) is 4.79 Å². The van der Waals surface area contributed by atoms with Crippen molar-refractivity contribution in [3.63, 3.8) is 0 Å². The Bertz CT molecular complexity index is 1080. The van der Waals surface area contributed by atoms with Crippen LogP contribution in [0.5, 0.6) is 5.75 Å². The molecule has 0 aliphatic heterocycles. The van der Waals surface area contributed by atoms with E-state index in [4.69, 9.17) is 4.74 Å². The van der Waals surface area contributed by atoms with Gasteiger partial charge in [0.15, 0.2) is 12.6 Å². The Labute approximate surface area is 212 Å². The van der Waals surface area contributed by atoms with Crippen LogP contribution < -0.4 is 20.7 Å². The van der Waals surface area contributed by atoms with E-state index in [1.54, 1.807) is 7.05 Å². The fourth-order valence-electron chi connectivity index (χ4n) is 3.59. The Morgan fingerprint density at radius 2 is 1.97 bits per heavy atom. The molecule has 0 radical (unpaired) electrons. The Morgan fingerprint density at radius 1 is 1.12 bits per heavy atom. The number of aliphatic imine (C=N–C) groups is 1. The maximum absolute atomic E-state index is 11.8. The van der Waals surface area contributed by atoms with E-state index in [1.165, 1.54) is 10.9 Å². The summed E-state index contributed by atoms with van der Waals surface area (Å²) < 4.78 is 7.91. The lowest BCUT2D eigenvalue weighted by Crippen LogP contribution is -2.37. The third-order valence-corrected chi connectivity index (χ3v) is 5.44. The van der Waals surface area contributed by atoms with Gasteiger partial charge in [-0.1, -0.05) is 30.3 Å². The number of halogens is 1. The average molecular weight is 561 g/mol. The first-order valence-electron chi connectivity index (χ1n) is 11.2. The van der Waals surface area contributed by atoms with Crippen molar-refractivity contribution in [3.8, 4) is 5.75 Å². The number of benzene rings is 2. The molecular weight excluding hydrogens is 529 g/mol. The first kappa shape index (κ1) is 24.9. The van der Waals surface area contributed by atoms with Crippen LogP contribution in [0.2, 0.25) is 0 Å². The molecule has 2 aromatic carbocycles. The van der Waals surface area contributed by atoms with Crippen LogP contribution in [0.4, 0.5) is 0 Å². The molecule has 0 atom stereocenters. The van der Waals surface area contributed by atoms with E-state index in [1.807, 2.05) is 24.3 Å². The van der Waals surface area contributed by atoms with Crippen molar-refractivity contribution < 1.29 is 9.53 Å². The minimum absolute atomic E-state index is 0. The molecule has 1 aliphatic carbocycles. The number of amides is 1.